The van der Waals surface area contributed by atoms with E-state index < -0.39 is 0 Å². The Morgan fingerprint density at radius 3 is 2.71 bits per heavy atom. The molecule has 3 heteroatoms. The number of aryl methyl sites for hydroxylation is 2. The van der Waals surface area contributed by atoms with Gasteiger partial charge in [0.25, 0.3) is 0 Å². The van der Waals surface area contributed by atoms with Crippen molar-refractivity contribution in [1.29, 1.82) is 0 Å². The number of benzene rings is 1. The van der Waals surface area contributed by atoms with E-state index in [1.807, 2.05) is 0 Å². The number of rotatable bonds is 4. The molecule has 0 N–H and O–H groups in total. The average molecular weight is 295 g/mol. The maximum absolute atomic E-state index is 3.52. The third kappa shape index (κ3) is 2.90. The minimum atomic E-state index is 1.09. The van der Waals surface area contributed by atoms with E-state index >= 15 is 0 Å². The molecule has 0 spiro atoms. The number of hydrogen-bond donors (Lipinski definition) is 0. The first-order valence-electron chi connectivity index (χ1n) is 5.98. The number of fused-ring (bicyclic) bond motifs is 1. The quantitative estimate of drug-likeness (QED) is 0.835. The molecule has 0 fully saturated rings. The van der Waals surface area contributed by atoms with Crippen molar-refractivity contribution in [3.05, 3.63) is 34.4 Å². The number of nitrogens with zero attached hydrogens (tertiary/aromatic N) is 2. The Hall–Kier alpha value is -0.800. The highest BCUT2D eigenvalue weighted by atomic mass is 79.9. The molecule has 0 atom stereocenters. The summed E-state index contributed by atoms with van der Waals surface area (Å²) in [6.07, 6.45) is 1.19. The monoisotopic (exact) mass is 294 g/mol. The van der Waals surface area contributed by atoms with Crippen LogP contribution in [0.1, 0.15) is 12.1 Å². The molecular formula is C14H19BrN2. The fourth-order valence-electron chi connectivity index (χ4n) is 2.22. The van der Waals surface area contributed by atoms with E-state index in [-0.39, 0.29) is 0 Å². The molecule has 2 aromatic rings. The molecule has 0 bridgehead atoms. The molecule has 1 heterocycles. The molecule has 1 aromatic heterocycles. The first-order chi connectivity index (χ1) is 8.08. The third-order valence-corrected chi connectivity index (χ3v) is 3.55. The van der Waals surface area contributed by atoms with Crippen LogP contribution in [0.2, 0.25) is 0 Å². The zero-order valence-corrected chi connectivity index (χ0v) is 12.3. The Balaban J connectivity index is 2.24. The molecule has 2 nitrogen and oxygen atoms in total. The van der Waals surface area contributed by atoms with Gasteiger partial charge in [-0.1, -0.05) is 15.9 Å². The summed E-state index contributed by atoms with van der Waals surface area (Å²) in [5.74, 6) is 0. The van der Waals surface area contributed by atoms with Crippen molar-refractivity contribution in [1.82, 2.24) is 9.47 Å². The van der Waals surface area contributed by atoms with Gasteiger partial charge >= 0.3 is 0 Å². The fraction of sp³-hybridized carbons (Fsp3) is 0.429. The van der Waals surface area contributed by atoms with Crippen LogP contribution >= 0.6 is 15.9 Å². The highest BCUT2D eigenvalue weighted by Gasteiger charge is 2.05. The third-order valence-electron chi connectivity index (χ3n) is 3.06. The Morgan fingerprint density at radius 2 is 2.00 bits per heavy atom. The van der Waals surface area contributed by atoms with E-state index in [1.54, 1.807) is 0 Å². The largest absolute Gasteiger partial charge is 0.345 e. The van der Waals surface area contributed by atoms with Crippen LogP contribution < -0.4 is 0 Å². The molecule has 17 heavy (non-hydrogen) atoms. The second-order valence-corrected chi connectivity index (χ2v) is 5.71. The van der Waals surface area contributed by atoms with Gasteiger partial charge in [0.05, 0.1) is 0 Å². The highest BCUT2D eigenvalue weighted by molar-refractivity contribution is 9.10. The topological polar surface area (TPSA) is 8.17 Å². The minimum Gasteiger partial charge on any atom is -0.345 e. The lowest BCUT2D eigenvalue weighted by Gasteiger charge is -2.12. The average Bonchev–Trinajstić information content (AvgIpc) is 2.54. The second-order valence-electron chi connectivity index (χ2n) is 4.80. The minimum absolute atomic E-state index is 1.09. The Morgan fingerprint density at radius 1 is 1.24 bits per heavy atom. The lowest BCUT2D eigenvalue weighted by molar-refractivity contribution is 0.387. The van der Waals surface area contributed by atoms with Gasteiger partial charge in [0.1, 0.15) is 0 Å². The smallest absolute Gasteiger partial charge is 0.0483 e. The first-order valence-corrected chi connectivity index (χ1v) is 6.77. The standard InChI is InChI=1S/C14H19BrN2/c1-11-9-12-10-13(15)5-6-14(12)17(11)8-4-7-16(2)3/h5-6,9-10H,4,7-8H2,1-3H3. The molecule has 0 aliphatic carbocycles. The molecule has 0 saturated carbocycles. The van der Waals surface area contributed by atoms with Crippen molar-refractivity contribution in [2.24, 2.45) is 0 Å². The number of hydrogen-bond acceptors (Lipinski definition) is 1. The van der Waals surface area contributed by atoms with Gasteiger partial charge in [0, 0.05) is 27.6 Å². The van der Waals surface area contributed by atoms with E-state index in [2.05, 4.69) is 70.7 Å². The van der Waals surface area contributed by atoms with Crippen LogP contribution in [0.4, 0.5) is 0 Å². The molecule has 0 aliphatic rings. The van der Waals surface area contributed by atoms with Crippen LogP contribution in [-0.2, 0) is 6.54 Å². The molecule has 0 radical (unpaired) electrons. The predicted octanol–water partition coefficient (Wildman–Crippen LogP) is 3.66. The van der Waals surface area contributed by atoms with Gasteiger partial charge in [-0.15, -0.1) is 0 Å². The van der Waals surface area contributed by atoms with Crippen LogP contribution in [0.25, 0.3) is 10.9 Å². The normalized spacial score (nSPS) is 11.6. The Labute approximate surface area is 111 Å². The van der Waals surface area contributed by atoms with Crippen LogP contribution in [0.15, 0.2) is 28.7 Å². The fourth-order valence-corrected chi connectivity index (χ4v) is 2.60. The Kier molecular flexibility index (Phi) is 3.89. The van der Waals surface area contributed by atoms with Gasteiger partial charge in [-0.25, -0.2) is 0 Å². The van der Waals surface area contributed by atoms with E-state index in [0.717, 1.165) is 17.6 Å². The summed E-state index contributed by atoms with van der Waals surface area (Å²) < 4.78 is 3.56. The molecule has 0 saturated heterocycles. The second kappa shape index (κ2) is 5.23. The lowest BCUT2D eigenvalue weighted by atomic mass is 10.2. The van der Waals surface area contributed by atoms with Crippen molar-refractivity contribution < 1.29 is 0 Å². The summed E-state index contributed by atoms with van der Waals surface area (Å²) in [4.78, 5) is 2.23. The zero-order valence-electron chi connectivity index (χ0n) is 10.7. The van der Waals surface area contributed by atoms with Crippen LogP contribution in [0, 0.1) is 6.92 Å². The van der Waals surface area contributed by atoms with Gasteiger partial charge in [0.15, 0.2) is 0 Å². The van der Waals surface area contributed by atoms with Crippen molar-refractivity contribution >= 4 is 26.8 Å². The summed E-state index contributed by atoms with van der Waals surface area (Å²) in [7, 11) is 4.25. The van der Waals surface area contributed by atoms with Crippen molar-refractivity contribution in [2.45, 2.75) is 19.9 Å². The maximum Gasteiger partial charge on any atom is 0.0483 e. The van der Waals surface area contributed by atoms with E-state index in [9.17, 15) is 0 Å². The van der Waals surface area contributed by atoms with Gasteiger partial charge < -0.3 is 9.47 Å². The first kappa shape index (κ1) is 12.7. The van der Waals surface area contributed by atoms with Gasteiger partial charge in [-0.2, -0.15) is 0 Å². The summed E-state index contributed by atoms with van der Waals surface area (Å²) in [5.41, 5.74) is 2.68. The summed E-state index contributed by atoms with van der Waals surface area (Å²) in [5, 5.41) is 1.32. The summed E-state index contributed by atoms with van der Waals surface area (Å²) in [6, 6.07) is 8.76. The summed E-state index contributed by atoms with van der Waals surface area (Å²) in [6.45, 7) is 4.41. The zero-order chi connectivity index (χ0) is 12.4. The van der Waals surface area contributed by atoms with E-state index in [1.165, 1.54) is 23.0 Å². The van der Waals surface area contributed by atoms with Gasteiger partial charge in [0.2, 0.25) is 0 Å². The molecule has 0 aliphatic heterocycles. The van der Waals surface area contributed by atoms with E-state index in [0.29, 0.717) is 0 Å². The van der Waals surface area contributed by atoms with Gasteiger partial charge in [-0.3, -0.25) is 0 Å². The van der Waals surface area contributed by atoms with E-state index in [4.69, 9.17) is 0 Å². The van der Waals surface area contributed by atoms with Crippen molar-refractivity contribution in [3.63, 3.8) is 0 Å². The predicted molar refractivity (Wildman–Crippen MR) is 77.5 cm³/mol. The molecule has 0 amide bonds. The van der Waals surface area contributed by atoms with Crippen molar-refractivity contribution in [3.8, 4) is 0 Å². The molecule has 0 unspecified atom stereocenters. The van der Waals surface area contributed by atoms with Crippen LogP contribution in [0.3, 0.4) is 0 Å². The maximum atomic E-state index is 3.52. The molecule has 92 valence electrons. The van der Waals surface area contributed by atoms with Crippen LogP contribution in [-0.4, -0.2) is 30.1 Å². The van der Waals surface area contributed by atoms with Crippen LogP contribution in [0.5, 0.6) is 0 Å². The highest BCUT2D eigenvalue weighted by Crippen LogP contribution is 2.23. The Bertz CT molecular complexity index is 514. The van der Waals surface area contributed by atoms with Crippen molar-refractivity contribution in [2.75, 3.05) is 20.6 Å². The van der Waals surface area contributed by atoms with Gasteiger partial charge in [-0.05, 0) is 58.3 Å². The molecule has 1 aromatic carbocycles. The SMILES string of the molecule is Cc1cc2cc(Br)ccc2n1CCCN(C)C. The summed E-state index contributed by atoms with van der Waals surface area (Å²) >= 11 is 3.52. The molecule has 2 rings (SSSR count). The lowest BCUT2D eigenvalue weighted by Crippen LogP contribution is -2.15. The molecular weight excluding hydrogens is 276 g/mol. The number of halogens is 1. The number of aromatic nitrogens is 1.